The molecular formula is C16H21NO2S2. The smallest absolute Gasteiger partial charge is 0.161 e. The van der Waals surface area contributed by atoms with E-state index in [9.17, 15) is 0 Å². The third-order valence-corrected chi connectivity index (χ3v) is 4.99. The minimum absolute atomic E-state index is 0.782. The highest BCUT2D eigenvalue weighted by atomic mass is 32.2. The zero-order chi connectivity index (χ0) is 15.1. The Bertz CT molecular complexity index is 556. The Kier molecular flexibility index (Phi) is 6.42. The van der Waals surface area contributed by atoms with Gasteiger partial charge in [-0.1, -0.05) is 6.07 Å². The third-order valence-electron chi connectivity index (χ3n) is 3.23. The molecule has 0 amide bonds. The van der Waals surface area contributed by atoms with Gasteiger partial charge in [-0.25, -0.2) is 0 Å². The van der Waals surface area contributed by atoms with Crippen molar-refractivity contribution in [2.45, 2.75) is 17.9 Å². The van der Waals surface area contributed by atoms with E-state index in [0.29, 0.717) is 0 Å². The zero-order valence-corrected chi connectivity index (χ0v) is 14.3. The lowest BCUT2D eigenvalue weighted by Crippen LogP contribution is -2.17. The van der Waals surface area contributed by atoms with Gasteiger partial charge in [0, 0.05) is 22.9 Å². The highest BCUT2D eigenvalue weighted by Crippen LogP contribution is 2.34. The molecule has 21 heavy (non-hydrogen) atoms. The molecule has 2 rings (SSSR count). The Morgan fingerprint density at radius 3 is 2.57 bits per heavy atom. The molecule has 114 valence electrons. The van der Waals surface area contributed by atoms with Crippen molar-refractivity contribution < 1.29 is 9.47 Å². The topological polar surface area (TPSA) is 30.5 Å². The second-order valence-electron chi connectivity index (χ2n) is 4.53. The molecular weight excluding hydrogens is 302 g/mol. The summed E-state index contributed by atoms with van der Waals surface area (Å²) >= 11 is 3.53. The molecule has 5 heteroatoms. The van der Waals surface area contributed by atoms with E-state index in [1.165, 1.54) is 15.3 Å². The summed E-state index contributed by atoms with van der Waals surface area (Å²) in [7, 11) is 3.34. The molecule has 0 bridgehead atoms. The summed E-state index contributed by atoms with van der Waals surface area (Å²) in [6, 6.07) is 8.37. The van der Waals surface area contributed by atoms with E-state index in [2.05, 4.69) is 35.2 Å². The van der Waals surface area contributed by atoms with E-state index in [0.717, 1.165) is 31.0 Å². The molecule has 0 unspecified atom stereocenters. The van der Waals surface area contributed by atoms with Gasteiger partial charge in [0.1, 0.15) is 0 Å². The average Bonchev–Trinajstić information content (AvgIpc) is 3.04. The summed E-state index contributed by atoms with van der Waals surface area (Å²) in [5.74, 6) is 1.56. The molecule has 0 aliphatic rings. The van der Waals surface area contributed by atoms with E-state index in [4.69, 9.17) is 9.47 Å². The summed E-state index contributed by atoms with van der Waals surface area (Å²) in [6.07, 6.45) is 3.15. The molecule has 0 fully saturated rings. The molecule has 0 saturated carbocycles. The van der Waals surface area contributed by atoms with E-state index < -0.39 is 0 Å². The molecule has 0 atom stereocenters. The van der Waals surface area contributed by atoms with Crippen LogP contribution >= 0.6 is 23.1 Å². The highest BCUT2D eigenvalue weighted by molar-refractivity contribution is 7.98. The van der Waals surface area contributed by atoms with Crippen LogP contribution < -0.4 is 14.8 Å². The summed E-state index contributed by atoms with van der Waals surface area (Å²) in [4.78, 5) is 2.64. The first-order chi connectivity index (χ1) is 10.3. The van der Waals surface area contributed by atoms with Crippen molar-refractivity contribution in [3.8, 4) is 11.5 Å². The van der Waals surface area contributed by atoms with Crippen molar-refractivity contribution in [2.24, 2.45) is 0 Å². The van der Waals surface area contributed by atoms with Crippen LogP contribution in [-0.2, 0) is 13.0 Å². The molecule has 0 radical (unpaired) electrons. The van der Waals surface area contributed by atoms with Gasteiger partial charge in [-0.2, -0.15) is 0 Å². The number of ether oxygens (including phenoxy) is 2. The van der Waals surface area contributed by atoms with Crippen molar-refractivity contribution in [1.29, 1.82) is 0 Å². The van der Waals surface area contributed by atoms with Crippen molar-refractivity contribution in [3.63, 3.8) is 0 Å². The van der Waals surface area contributed by atoms with Crippen LogP contribution in [0.25, 0.3) is 0 Å². The number of rotatable bonds is 8. The predicted molar refractivity (Wildman–Crippen MR) is 91.1 cm³/mol. The summed E-state index contributed by atoms with van der Waals surface area (Å²) in [5, 5.41) is 5.62. The van der Waals surface area contributed by atoms with E-state index in [-0.39, 0.29) is 0 Å². The highest BCUT2D eigenvalue weighted by Gasteiger charge is 2.10. The van der Waals surface area contributed by atoms with Crippen molar-refractivity contribution in [3.05, 3.63) is 40.1 Å². The second kappa shape index (κ2) is 8.32. The minimum atomic E-state index is 0.782. The number of hydrogen-bond acceptors (Lipinski definition) is 5. The van der Waals surface area contributed by atoms with Crippen LogP contribution in [0, 0.1) is 0 Å². The molecule has 1 aromatic heterocycles. The lowest BCUT2D eigenvalue weighted by atomic mass is 10.2. The van der Waals surface area contributed by atoms with Gasteiger partial charge < -0.3 is 14.8 Å². The Morgan fingerprint density at radius 2 is 1.95 bits per heavy atom. The van der Waals surface area contributed by atoms with Gasteiger partial charge in [0.2, 0.25) is 0 Å². The van der Waals surface area contributed by atoms with Crippen molar-refractivity contribution in [1.82, 2.24) is 5.32 Å². The number of benzene rings is 1. The van der Waals surface area contributed by atoms with Crippen LogP contribution in [0.1, 0.15) is 10.4 Å². The SMILES string of the molecule is COc1cc(CNCCc2cccs2)c(SC)cc1OC. The Hall–Kier alpha value is -1.17. The van der Waals surface area contributed by atoms with Gasteiger partial charge in [-0.05, 0) is 41.8 Å². The number of methoxy groups -OCH3 is 2. The first-order valence-electron chi connectivity index (χ1n) is 6.80. The molecule has 2 aromatic rings. The van der Waals surface area contributed by atoms with Crippen molar-refractivity contribution >= 4 is 23.1 Å². The van der Waals surface area contributed by atoms with Gasteiger partial charge in [-0.15, -0.1) is 23.1 Å². The largest absolute Gasteiger partial charge is 0.493 e. The molecule has 1 N–H and O–H groups in total. The quantitative estimate of drug-likeness (QED) is 0.591. The van der Waals surface area contributed by atoms with Crippen LogP contribution in [0.2, 0.25) is 0 Å². The molecule has 1 aromatic carbocycles. The fraction of sp³-hybridized carbons (Fsp3) is 0.375. The van der Waals surface area contributed by atoms with Crippen LogP contribution in [0.15, 0.2) is 34.5 Å². The number of thioether (sulfide) groups is 1. The molecule has 3 nitrogen and oxygen atoms in total. The summed E-state index contributed by atoms with van der Waals surface area (Å²) in [5.41, 5.74) is 1.24. The number of thiophene rings is 1. The predicted octanol–water partition coefficient (Wildman–Crippen LogP) is 3.82. The van der Waals surface area contributed by atoms with Gasteiger partial charge in [-0.3, -0.25) is 0 Å². The maximum absolute atomic E-state index is 5.38. The maximum Gasteiger partial charge on any atom is 0.161 e. The second-order valence-corrected chi connectivity index (χ2v) is 6.41. The normalized spacial score (nSPS) is 10.6. The lowest BCUT2D eigenvalue weighted by Gasteiger charge is -2.14. The third kappa shape index (κ3) is 4.40. The van der Waals surface area contributed by atoms with Gasteiger partial charge in [0.25, 0.3) is 0 Å². The number of hydrogen-bond donors (Lipinski definition) is 1. The molecule has 0 saturated heterocycles. The Balaban J connectivity index is 1.97. The number of nitrogens with one attached hydrogen (secondary N) is 1. The average molecular weight is 323 g/mol. The van der Waals surface area contributed by atoms with Crippen LogP contribution in [0.4, 0.5) is 0 Å². The first kappa shape index (κ1) is 16.2. The van der Waals surface area contributed by atoms with E-state index >= 15 is 0 Å². The first-order valence-corrected chi connectivity index (χ1v) is 8.91. The summed E-state index contributed by atoms with van der Waals surface area (Å²) < 4.78 is 10.7. The summed E-state index contributed by atoms with van der Waals surface area (Å²) in [6.45, 7) is 1.81. The fourth-order valence-electron chi connectivity index (χ4n) is 2.12. The van der Waals surface area contributed by atoms with Gasteiger partial charge in [0.15, 0.2) is 11.5 Å². The zero-order valence-electron chi connectivity index (χ0n) is 12.6. The minimum Gasteiger partial charge on any atom is -0.493 e. The standard InChI is InChI=1S/C16H21NO2S2/c1-18-14-9-12(16(20-3)10-15(14)19-2)11-17-7-6-13-5-4-8-21-13/h4-5,8-10,17H,6-7,11H2,1-3H3. The van der Waals surface area contributed by atoms with E-state index in [1.807, 2.05) is 17.4 Å². The van der Waals surface area contributed by atoms with E-state index in [1.54, 1.807) is 26.0 Å². The molecule has 0 aliphatic heterocycles. The van der Waals surface area contributed by atoms with Gasteiger partial charge in [0.05, 0.1) is 14.2 Å². The molecule has 0 spiro atoms. The fourth-order valence-corrected chi connectivity index (χ4v) is 3.45. The Labute approximate surface area is 134 Å². The van der Waals surface area contributed by atoms with Crippen molar-refractivity contribution in [2.75, 3.05) is 27.0 Å². The van der Waals surface area contributed by atoms with Crippen LogP contribution in [-0.4, -0.2) is 27.0 Å². The van der Waals surface area contributed by atoms with Crippen LogP contribution in [0.3, 0.4) is 0 Å². The Morgan fingerprint density at radius 1 is 1.19 bits per heavy atom. The maximum atomic E-state index is 5.38. The lowest BCUT2D eigenvalue weighted by molar-refractivity contribution is 0.353. The molecule has 1 heterocycles. The molecule has 0 aliphatic carbocycles. The van der Waals surface area contributed by atoms with Gasteiger partial charge >= 0.3 is 0 Å². The van der Waals surface area contributed by atoms with Crippen LogP contribution in [0.5, 0.6) is 11.5 Å². The monoisotopic (exact) mass is 323 g/mol.